The molecule has 7 nitrogen and oxygen atoms in total. The molecule has 166 valence electrons. The Morgan fingerprint density at radius 2 is 1.58 bits per heavy atom. The number of amides is 1. The van der Waals surface area contributed by atoms with E-state index >= 15 is 0 Å². The molecule has 1 fully saturated rings. The van der Waals surface area contributed by atoms with Crippen molar-refractivity contribution in [1.29, 1.82) is 0 Å². The molecule has 1 amide bonds. The average molecular weight is 427 g/mol. The highest BCUT2D eigenvalue weighted by molar-refractivity contribution is 5.96. The number of aliphatic carboxylic acids is 1. The van der Waals surface area contributed by atoms with Crippen LogP contribution >= 0.6 is 0 Å². The van der Waals surface area contributed by atoms with E-state index in [4.69, 9.17) is 19.3 Å². The maximum atomic E-state index is 13.2. The molecule has 31 heavy (non-hydrogen) atoms. The molecule has 0 unspecified atom stereocenters. The van der Waals surface area contributed by atoms with Gasteiger partial charge in [0.1, 0.15) is 19.0 Å². The highest BCUT2D eigenvalue weighted by atomic mass is 16.6. The molecule has 0 heterocycles. The van der Waals surface area contributed by atoms with Crippen molar-refractivity contribution in [2.75, 3.05) is 31.8 Å². The second kappa shape index (κ2) is 10.8. The molecule has 0 bridgehead atoms. The fraction of sp³-hybridized carbons (Fsp3) is 0.417. The largest absolute Gasteiger partial charge is 0.497 e. The molecule has 0 saturated heterocycles. The number of carboxylic acid groups (broad SMARTS) is 1. The Morgan fingerprint density at radius 3 is 2.19 bits per heavy atom. The summed E-state index contributed by atoms with van der Waals surface area (Å²) < 4.78 is 16.4. The third-order valence-corrected chi connectivity index (χ3v) is 5.58. The highest BCUT2D eigenvalue weighted by Crippen LogP contribution is 2.37. The highest BCUT2D eigenvalue weighted by Gasteiger charge is 2.35. The fourth-order valence-corrected chi connectivity index (χ4v) is 3.93. The van der Waals surface area contributed by atoms with Gasteiger partial charge in [-0.3, -0.25) is 0 Å². The maximum Gasteiger partial charge on any atom is 0.418 e. The Balaban J connectivity index is 1.76. The van der Waals surface area contributed by atoms with Crippen LogP contribution in [0.15, 0.2) is 54.6 Å². The lowest BCUT2D eigenvalue weighted by Crippen LogP contribution is -2.38. The number of hydrogen-bond acceptors (Lipinski definition) is 5. The molecule has 0 aliphatic heterocycles. The Labute approximate surface area is 182 Å². The van der Waals surface area contributed by atoms with Gasteiger partial charge in [-0.05, 0) is 49.2 Å². The van der Waals surface area contributed by atoms with Gasteiger partial charge in [-0.1, -0.05) is 37.5 Å². The van der Waals surface area contributed by atoms with Gasteiger partial charge in [-0.2, -0.15) is 0 Å². The number of ether oxygens (including phenoxy) is 3. The molecule has 0 spiro atoms. The van der Waals surface area contributed by atoms with E-state index in [0.717, 1.165) is 32.1 Å². The lowest BCUT2D eigenvalue weighted by Gasteiger charge is -2.36. The summed E-state index contributed by atoms with van der Waals surface area (Å²) in [5.41, 5.74) is 1.00. The maximum absolute atomic E-state index is 13.2. The van der Waals surface area contributed by atoms with Crippen molar-refractivity contribution < 1.29 is 28.9 Å². The summed E-state index contributed by atoms with van der Waals surface area (Å²) in [7, 11) is 1.59. The molecule has 2 aromatic carbocycles. The van der Waals surface area contributed by atoms with E-state index in [-0.39, 0.29) is 25.2 Å². The Bertz CT molecular complexity index is 846. The smallest absolute Gasteiger partial charge is 0.418 e. The minimum absolute atomic E-state index is 0.185. The number of methoxy groups -OCH3 is 1. The van der Waals surface area contributed by atoms with Crippen LogP contribution in [0.2, 0.25) is 0 Å². The van der Waals surface area contributed by atoms with Gasteiger partial charge in [-0.25, -0.2) is 14.5 Å². The zero-order valence-corrected chi connectivity index (χ0v) is 17.8. The summed E-state index contributed by atoms with van der Waals surface area (Å²) in [6.45, 7) is 0.100. The van der Waals surface area contributed by atoms with Crippen molar-refractivity contribution in [1.82, 2.24) is 0 Å². The van der Waals surface area contributed by atoms with Gasteiger partial charge in [0.15, 0.2) is 0 Å². The van der Waals surface area contributed by atoms with E-state index in [1.165, 1.54) is 4.90 Å². The molecule has 3 rings (SSSR count). The molecular formula is C24H29NO6. The normalized spacial score (nSPS) is 15.1. The van der Waals surface area contributed by atoms with Crippen LogP contribution in [-0.2, 0) is 14.3 Å². The number of carbonyl (C=O) groups excluding carboxylic acids is 1. The number of hydrogen-bond donors (Lipinski definition) is 1. The number of nitrogens with zero attached hydrogens (tertiary/aromatic N) is 1. The van der Waals surface area contributed by atoms with E-state index in [1.807, 2.05) is 30.3 Å². The molecule has 1 aliphatic carbocycles. The van der Waals surface area contributed by atoms with Crippen LogP contribution in [0.4, 0.5) is 16.2 Å². The summed E-state index contributed by atoms with van der Waals surface area (Å²) >= 11 is 0. The summed E-state index contributed by atoms with van der Waals surface area (Å²) in [5, 5.41) is 8.88. The van der Waals surface area contributed by atoms with E-state index in [2.05, 4.69) is 0 Å². The van der Waals surface area contributed by atoms with Crippen molar-refractivity contribution >= 4 is 23.4 Å². The van der Waals surface area contributed by atoms with Crippen molar-refractivity contribution in [2.24, 2.45) is 5.41 Å². The summed E-state index contributed by atoms with van der Waals surface area (Å²) in [4.78, 5) is 25.6. The lowest BCUT2D eigenvalue weighted by atomic mass is 9.75. The second-order valence-electron chi connectivity index (χ2n) is 7.87. The van der Waals surface area contributed by atoms with E-state index in [0.29, 0.717) is 17.1 Å². The van der Waals surface area contributed by atoms with E-state index in [9.17, 15) is 9.59 Å². The van der Waals surface area contributed by atoms with Gasteiger partial charge in [-0.15, -0.1) is 0 Å². The Kier molecular flexibility index (Phi) is 7.89. The standard InChI is InChI=1S/C24H29NO6/c1-29-21-12-10-20(11-13-21)25(19-8-4-2-5-9-19)23(28)31-18-24(14-6-3-7-15-24)17-30-16-22(26)27/h2,4-5,8-13H,3,6-7,14-18H2,1H3,(H,26,27). The van der Waals surface area contributed by atoms with Gasteiger partial charge >= 0.3 is 12.1 Å². The van der Waals surface area contributed by atoms with Gasteiger partial charge < -0.3 is 19.3 Å². The van der Waals surface area contributed by atoms with Crippen LogP contribution in [0.3, 0.4) is 0 Å². The minimum atomic E-state index is -1.00. The molecule has 0 atom stereocenters. The number of anilines is 2. The average Bonchev–Trinajstić information content (AvgIpc) is 2.79. The molecule has 7 heteroatoms. The second-order valence-corrected chi connectivity index (χ2v) is 7.87. The zero-order valence-electron chi connectivity index (χ0n) is 17.8. The lowest BCUT2D eigenvalue weighted by molar-refractivity contribution is -0.144. The van der Waals surface area contributed by atoms with Gasteiger partial charge in [0, 0.05) is 5.41 Å². The van der Waals surface area contributed by atoms with Crippen LogP contribution in [0, 0.1) is 5.41 Å². The molecule has 2 aromatic rings. The number of carbonyl (C=O) groups is 2. The minimum Gasteiger partial charge on any atom is -0.497 e. The molecule has 1 saturated carbocycles. The first kappa shape index (κ1) is 22.6. The quantitative estimate of drug-likeness (QED) is 0.605. The van der Waals surface area contributed by atoms with Crippen LogP contribution in [-0.4, -0.2) is 44.1 Å². The van der Waals surface area contributed by atoms with Crippen molar-refractivity contribution in [2.45, 2.75) is 32.1 Å². The SMILES string of the molecule is COc1ccc(N(C(=O)OCC2(COCC(=O)O)CCCCC2)c2ccccc2)cc1. The van der Waals surface area contributed by atoms with Crippen LogP contribution in [0.5, 0.6) is 5.75 Å². The number of rotatable bonds is 9. The molecule has 1 aliphatic rings. The van der Waals surface area contributed by atoms with Crippen LogP contribution in [0.1, 0.15) is 32.1 Å². The third-order valence-electron chi connectivity index (χ3n) is 5.58. The number of carboxylic acids is 1. The van der Waals surface area contributed by atoms with Crippen molar-refractivity contribution in [3.63, 3.8) is 0 Å². The summed E-state index contributed by atoms with van der Waals surface area (Å²) in [6.07, 6.45) is 4.33. The predicted octanol–water partition coefficient (Wildman–Crippen LogP) is 5.02. The number of para-hydroxylation sites is 1. The molecular weight excluding hydrogens is 398 g/mol. The summed E-state index contributed by atoms with van der Waals surface area (Å²) in [5.74, 6) is -0.306. The Hall–Kier alpha value is -3.06. The first-order valence-electron chi connectivity index (χ1n) is 10.5. The molecule has 1 N–H and O–H groups in total. The van der Waals surface area contributed by atoms with Gasteiger partial charge in [0.25, 0.3) is 0 Å². The van der Waals surface area contributed by atoms with Crippen LogP contribution in [0.25, 0.3) is 0 Å². The van der Waals surface area contributed by atoms with Gasteiger partial charge in [0.05, 0.1) is 25.1 Å². The first-order chi connectivity index (χ1) is 15.0. The Morgan fingerprint density at radius 1 is 0.935 bits per heavy atom. The fourth-order valence-electron chi connectivity index (χ4n) is 3.93. The van der Waals surface area contributed by atoms with E-state index in [1.54, 1.807) is 31.4 Å². The van der Waals surface area contributed by atoms with Gasteiger partial charge in [0.2, 0.25) is 0 Å². The molecule has 0 aromatic heterocycles. The van der Waals surface area contributed by atoms with Crippen molar-refractivity contribution in [3.05, 3.63) is 54.6 Å². The topological polar surface area (TPSA) is 85.3 Å². The number of benzene rings is 2. The zero-order chi connectivity index (χ0) is 22.1. The molecule has 0 radical (unpaired) electrons. The summed E-state index contributed by atoms with van der Waals surface area (Å²) in [6, 6.07) is 16.5. The monoisotopic (exact) mass is 427 g/mol. The predicted molar refractivity (Wildman–Crippen MR) is 117 cm³/mol. The van der Waals surface area contributed by atoms with Crippen LogP contribution < -0.4 is 9.64 Å². The van der Waals surface area contributed by atoms with Crippen molar-refractivity contribution in [3.8, 4) is 5.75 Å². The first-order valence-corrected chi connectivity index (χ1v) is 10.5. The third kappa shape index (κ3) is 6.21. The van der Waals surface area contributed by atoms with E-state index < -0.39 is 12.1 Å².